The molecule has 0 fully saturated rings. The summed E-state index contributed by atoms with van der Waals surface area (Å²) < 4.78 is 12.3. The lowest BCUT2D eigenvalue weighted by Crippen LogP contribution is -1.82. The van der Waals surface area contributed by atoms with Gasteiger partial charge in [-0.15, -0.1) is 0 Å². The predicted molar refractivity (Wildman–Crippen MR) is 49.5 cm³/mol. The van der Waals surface area contributed by atoms with Crippen molar-refractivity contribution in [2.75, 3.05) is 5.75 Å². The van der Waals surface area contributed by atoms with E-state index in [1.807, 2.05) is 0 Å². The third kappa shape index (κ3) is 2.93. The summed E-state index contributed by atoms with van der Waals surface area (Å²) in [7, 11) is 0. The zero-order valence-electron chi connectivity index (χ0n) is 6.42. The van der Waals surface area contributed by atoms with Crippen molar-refractivity contribution in [1.82, 2.24) is 4.98 Å². The zero-order chi connectivity index (χ0) is 8.81. The molecule has 0 radical (unpaired) electrons. The smallest absolute Gasteiger partial charge is 0.212 e. The number of nitrogens with zero attached hydrogens (tertiary/aromatic N) is 1. The van der Waals surface area contributed by atoms with E-state index in [2.05, 4.69) is 29.5 Å². The Labute approximate surface area is 76.4 Å². The molecule has 0 saturated carbocycles. The highest BCUT2D eigenvalue weighted by atomic mass is 32.1. The third-order valence-electron chi connectivity index (χ3n) is 1.20. The standard InChI is InChI=1S/C9H8FNS/c10-9-5-4-8(7-11-9)3-1-2-6-12/h4-5,7,12H,2,6H2. The molecule has 0 aromatic carbocycles. The molecule has 0 atom stereocenters. The summed E-state index contributed by atoms with van der Waals surface area (Å²) in [4.78, 5) is 3.47. The molecule has 62 valence electrons. The topological polar surface area (TPSA) is 12.9 Å². The average molecular weight is 181 g/mol. The fourth-order valence-electron chi connectivity index (χ4n) is 0.670. The highest BCUT2D eigenvalue weighted by molar-refractivity contribution is 7.80. The third-order valence-corrected chi connectivity index (χ3v) is 1.42. The van der Waals surface area contributed by atoms with E-state index in [4.69, 9.17) is 0 Å². The van der Waals surface area contributed by atoms with Gasteiger partial charge in [-0.2, -0.15) is 17.0 Å². The maximum absolute atomic E-state index is 12.3. The van der Waals surface area contributed by atoms with Crippen LogP contribution in [0.5, 0.6) is 0 Å². The molecule has 0 aliphatic carbocycles. The van der Waals surface area contributed by atoms with Crippen LogP contribution < -0.4 is 0 Å². The van der Waals surface area contributed by atoms with Gasteiger partial charge < -0.3 is 0 Å². The number of halogens is 1. The predicted octanol–water partition coefficient (Wildman–Crippen LogP) is 1.89. The molecule has 0 aliphatic heterocycles. The van der Waals surface area contributed by atoms with Crippen LogP contribution in [0.4, 0.5) is 4.39 Å². The van der Waals surface area contributed by atoms with E-state index in [0.29, 0.717) is 0 Å². The van der Waals surface area contributed by atoms with E-state index in [1.54, 1.807) is 6.07 Å². The lowest BCUT2D eigenvalue weighted by Gasteiger charge is -1.87. The maximum atomic E-state index is 12.3. The second kappa shape index (κ2) is 4.78. The fourth-order valence-corrected chi connectivity index (χ4v) is 0.782. The van der Waals surface area contributed by atoms with E-state index in [1.165, 1.54) is 12.3 Å². The van der Waals surface area contributed by atoms with E-state index in [-0.39, 0.29) is 0 Å². The van der Waals surface area contributed by atoms with Crippen molar-refractivity contribution in [3.8, 4) is 11.8 Å². The van der Waals surface area contributed by atoms with Gasteiger partial charge in [-0.3, -0.25) is 0 Å². The first-order valence-electron chi connectivity index (χ1n) is 3.54. The van der Waals surface area contributed by atoms with E-state index in [9.17, 15) is 4.39 Å². The van der Waals surface area contributed by atoms with Crippen molar-refractivity contribution in [2.45, 2.75) is 6.42 Å². The van der Waals surface area contributed by atoms with Gasteiger partial charge in [0.05, 0.1) is 0 Å². The van der Waals surface area contributed by atoms with Gasteiger partial charge in [-0.1, -0.05) is 11.8 Å². The van der Waals surface area contributed by atoms with Crippen LogP contribution in [0.1, 0.15) is 12.0 Å². The van der Waals surface area contributed by atoms with Crippen LogP contribution in [-0.4, -0.2) is 10.7 Å². The minimum Gasteiger partial charge on any atom is -0.227 e. The largest absolute Gasteiger partial charge is 0.227 e. The summed E-state index contributed by atoms with van der Waals surface area (Å²) >= 11 is 4.01. The first-order valence-corrected chi connectivity index (χ1v) is 4.17. The molecule has 0 unspecified atom stereocenters. The highest BCUT2D eigenvalue weighted by Gasteiger charge is 1.88. The average Bonchev–Trinajstić information content (AvgIpc) is 2.09. The molecule has 0 aliphatic rings. The molecule has 1 heterocycles. The fraction of sp³-hybridized carbons (Fsp3) is 0.222. The van der Waals surface area contributed by atoms with Crippen LogP contribution in [-0.2, 0) is 0 Å². The minimum absolute atomic E-state index is 0.477. The van der Waals surface area contributed by atoms with Gasteiger partial charge in [0.1, 0.15) is 0 Å². The summed E-state index contributed by atoms with van der Waals surface area (Å²) in [6.45, 7) is 0. The van der Waals surface area contributed by atoms with Crippen LogP contribution in [0.25, 0.3) is 0 Å². The minimum atomic E-state index is -0.477. The Morgan fingerprint density at radius 1 is 1.50 bits per heavy atom. The molecular formula is C9H8FNS. The normalized spacial score (nSPS) is 8.83. The first kappa shape index (κ1) is 9.08. The number of aromatic nitrogens is 1. The molecule has 3 heteroatoms. The first-order chi connectivity index (χ1) is 5.83. The van der Waals surface area contributed by atoms with Crippen molar-refractivity contribution < 1.29 is 4.39 Å². The van der Waals surface area contributed by atoms with Crippen LogP contribution in [0.3, 0.4) is 0 Å². The summed E-state index contributed by atoms with van der Waals surface area (Å²) in [5, 5.41) is 0. The van der Waals surface area contributed by atoms with Gasteiger partial charge in [0, 0.05) is 23.9 Å². The second-order valence-corrected chi connectivity index (χ2v) is 2.59. The maximum Gasteiger partial charge on any atom is 0.212 e. The molecule has 1 aromatic heterocycles. The zero-order valence-corrected chi connectivity index (χ0v) is 7.31. The monoisotopic (exact) mass is 181 g/mol. The van der Waals surface area contributed by atoms with Crippen molar-refractivity contribution in [2.24, 2.45) is 0 Å². The summed E-state index contributed by atoms with van der Waals surface area (Å²) in [5.41, 5.74) is 0.734. The van der Waals surface area contributed by atoms with Gasteiger partial charge in [0.25, 0.3) is 0 Å². The van der Waals surface area contributed by atoms with E-state index >= 15 is 0 Å². The summed E-state index contributed by atoms with van der Waals surface area (Å²) in [6, 6.07) is 2.90. The van der Waals surface area contributed by atoms with Gasteiger partial charge >= 0.3 is 0 Å². The SMILES string of the molecule is Fc1ccc(C#CCCS)cn1. The van der Waals surface area contributed by atoms with Crippen molar-refractivity contribution in [3.63, 3.8) is 0 Å². The second-order valence-electron chi connectivity index (χ2n) is 2.14. The summed E-state index contributed by atoms with van der Waals surface area (Å²) in [5.74, 6) is 5.99. The van der Waals surface area contributed by atoms with Gasteiger partial charge in [0.2, 0.25) is 5.95 Å². The Morgan fingerprint density at radius 3 is 2.92 bits per heavy atom. The molecule has 1 nitrogen and oxygen atoms in total. The lowest BCUT2D eigenvalue weighted by molar-refractivity contribution is 0.583. The Balaban J connectivity index is 2.66. The van der Waals surface area contributed by atoms with Crippen molar-refractivity contribution in [3.05, 3.63) is 29.8 Å². The van der Waals surface area contributed by atoms with E-state index < -0.39 is 5.95 Å². The number of thiol groups is 1. The lowest BCUT2D eigenvalue weighted by atomic mass is 10.3. The molecule has 0 N–H and O–H groups in total. The van der Waals surface area contributed by atoms with Crippen LogP contribution in [0.2, 0.25) is 0 Å². The molecule has 0 bridgehead atoms. The highest BCUT2D eigenvalue weighted by Crippen LogP contribution is 1.96. The van der Waals surface area contributed by atoms with Crippen LogP contribution in [0, 0.1) is 17.8 Å². The molecule has 0 amide bonds. The van der Waals surface area contributed by atoms with Crippen molar-refractivity contribution >= 4 is 12.6 Å². The quantitative estimate of drug-likeness (QED) is 0.396. The molecule has 1 rings (SSSR count). The number of rotatable bonds is 1. The molecular weight excluding hydrogens is 173 g/mol. The molecule has 1 aromatic rings. The molecule has 0 spiro atoms. The Morgan fingerprint density at radius 2 is 2.33 bits per heavy atom. The van der Waals surface area contributed by atoms with Crippen LogP contribution >= 0.6 is 12.6 Å². The van der Waals surface area contributed by atoms with Crippen molar-refractivity contribution in [1.29, 1.82) is 0 Å². The molecule has 12 heavy (non-hydrogen) atoms. The number of hydrogen-bond donors (Lipinski definition) is 1. The Kier molecular flexibility index (Phi) is 3.62. The summed E-state index contributed by atoms with van der Waals surface area (Å²) in [6.07, 6.45) is 2.15. The number of hydrogen-bond acceptors (Lipinski definition) is 2. The molecule has 0 saturated heterocycles. The van der Waals surface area contributed by atoms with E-state index in [0.717, 1.165) is 17.7 Å². The van der Waals surface area contributed by atoms with Crippen LogP contribution in [0.15, 0.2) is 18.3 Å². The van der Waals surface area contributed by atoms with Gasteiger partial charge in [-0.05, 0) is 12.1 Å². The number of pyridine rings is 1. The van der Waals surface area contributed by atoms with Gasteiger partial charge in [-0.25, -0.2) is 4.98 Å². The Bertz CT molecular complexity index is 297. The van der Waals surface area contributed by atoms with Gasteiger partial charge in [0.15, 0.2) is 0 Å². The Hall–Kier alpha value is -1.01.